The van der Waals surface area contributed by atoms with Gasteiger partial charge in [-0.15, -0.1) is 16.1 Å². The number of carbonyl (C=O) groups excluding carboxylic acids is 1. The van der Waals surface area contributed by atoms with Crippen LogP contribution in [0, 0.1) is 0 Å². The van der Waals surface area contributed by atoms with Crippen molar-refractivity contribution in [3.8, 4) is 10.4 Å². The number of amides is 1. The van der Waals surface area contributed by atoms with Crippen LogP contribution >= 0.6 is 11.3 Å². The molecule has 4 heterocycles. The van der Waals surface area contributed by atoms with Crippen LogP contribution in [0.1, 0.15) is 17.3 Å². The SMILES string of the molecule is CN1C(C(=O)Nc2cccnc2)CC(c2ccc(-c3cnn(C)c3)s2)N[S+]1[O-]. The van der Waals surface area contributed by atoms with Crippen molar-refractivity contribution in [3.05, 3.63) is 53.9 Å². The van der Waals surface area contributed by atoms with Gasteiger partial charge in [-0.3, -0.25) is 14.5 Å². The molecule has 0 aromatic carbocycles. The average molecular weight is 417 g/mol. The maximum atomic E-state index is 12.8. The van der Waals surface area contributed by atoms with E-state index < -0.39 is 17.6 Å². The third kappa shape index (κ3) is 3.96. The molecule has 3 atom stereocenters. The maximum Gasteiger partial charge on any atom is 0.246 e. The Hall–Kier alpha value is -2.24. The number of hydrogen-bond donors (Lipinski definition) is 2. The molecule has 1 amide bonds. The highest BCUT2D eigenvalue weighted by atomic mass is 32.2. The van der Waals surface area contributed by atoms with Crippen LogP contribution in [0.25, 0.3) is 10.4 Å². The number of hydrogen-bond acceptors (Lipinski definition) is 7. The van der Waals surface area contributed by atoms with Crippen molar-refractivity contribution in [2.75, 3.05) is 12.4 Å². The van der Waals surface area contributed by atoms with E-state index >= 15 is 0 Å². The number of rotatable bonds is 4. The van der Waals surface area contributed by atoms with E-state index in [0.717, 1.165) is 15.3 Å². The zero-order chi connectivity index (χ0) is 19.7. The standard InChI is InChI=1S/C18H20N6O2S2/c1-23-11-12(9-20-23)16-5-6-17(27-16)14-8-15(24(2)28(26)22-14)18(25)21-13-4-3-7-19-10-13/h3-7,9-11,14-15,22H,8H2,1-2H3,(H,21,25). The molecule has 10 heteroatoms. The van der Waals surface area contributed by atoms with Crippen LogP contribution in [0.15, 0.2) is 49.1 Å². The Kier molecular flexibility index (Phi) is 5.47. The Morgan fingerprint density at radius 3 is 2.93 bits per heavy atom. The quantitative estimate of drug-likeness (QED) is 0.632. The van der Waals surface area contributed by atoms with Crippen LogP contribution in [-0.4, -0.2) is 42.6 Å². The number of nitrogens with zero attached hydrogens (tertiary/aromatic N) is 4. The molecule has 146 valence electrons. The highest BCUT2D eigenvalue weighted by molar-refractivity contribution is 7.87. The van der Waals surface area contributed by atoms with E-state index in [9.17, 15) is 9.35 Å². The molecule has 0 aliphatic carbocycles. The number of anilines is 1. The van der Waals surface area contributed by atoms with Gasteiger partial charge in [-0.1, -0.05) is 4.31 Å². The molecule has 4 rings (SSSR count). The molecule has 1 aliphatic heterocycles. The van der Waals surface area contributed by atoms with E-state index in [4.69, 9.17) is 0 Å². The highest BCUT2D eigenvalue weighted by Gasteiger charge is 2.41. The molecule has 3 aromatic rings. The topological polar surface area (TPSA) is 98.1 Å². The van der Waals surface area contributed by atoms with E-state index in [1.807, 2.05) is 31.6 Å². The van der Waals surface area contributed by atoms with Gasteiger partial charge in [0.15, 0.2) is 0 Å². The molecule has 8 nitrogen and oxygen atoms in total. The van der Waals surface area contributed by atoms with Crippen molar-refractivity contribution >= 4 is 34.5 Å². The summed E-state index contributed by atoms with van der Waals surface area (Å²) < 4.78 is 19.0. The Morgan fingerprint density at radius 2 is 2.21 bits per heavy atom. The summed E-state index contributed by atoms with van der Waals surface area (Å²) in [5.74, 6) is -0.195. The molecular weight excluding hydrogens is 396 g/mol. The third-order valence-corrected chi connectivity index (χ3v) is 7.11. The normalized spacial score (nSPS) is 22.9. The fraction of sp³-hybridized carbons (Fsp3) is 0.278. The number of aromatic nitrogens is 3. The van der Waals surface area contributed by atoms with Gasteiger partial charge >= 0.3 is 0 Å². The van der Waals surface area contributed by atoms with Gasteiger partial charge in [-0.05, 0) is 24.3 Å². The average Bonchev–Trinajstić information content (AvgIpc) is 3.33. The van der Waals surface area contributed by atoms with E-state index in [-0.39, 0.29) is 11.9 Å². The predicted octanol–water partition coefficient (Wildman–Crippen LogP) is 2.10. The monoisotopic (exact) mass is 416 g/mol. The fourth-order valence-electron chi connectivity index (χ4n) is 3.09. The van der Waals surface area contributed by atoms with Crippen molar-refractivity contribution in [2.45, 2.75) is 18.5 Å². The van der Waals surface area contributed by atoms with Crippen LogP contribution < -0.4 is 10.0 Å². The molecule has 0 bridgehead atoms. The molecule has 0 saturated carbocycles. The van der Waals surface area contributed by atoms with Crippen LogP contribution in [0.4, 0.5) is 5.69 Å². The minimum atomic E-state index is -1.46. The Morgan fingerprint density at radius 1 is 1.36 bits per heavy atom. The summed E-state index contributed by atoms with van der Waals surface area (Å²) in [5, 5.41) is 7.06. The van der Waals surface area contributed by atoms with E-state index in [0.29, 0.717) is 12.1 Å². The summed E-state index contributed by atoms with van der Waals surface area (Å²) in [6.45, 7) is 0. The van der Waals surface area contributed by atoms with Gasteiger partial charge in [0.25, 0.3) is 0 Å². The van der Waals surface area contributed by atoms with Gasteiger partial charge in [-0.2, -0.15) is 5.10 Å². The van der Waals surface area contributed by atoms with Gasteiger partial charge in [0.2, 0.25) is 5.91 Å². The second kappa shape index (κ2) is 8.02. The summed E-state index contributed by atoms with van der Waals surface area (Å²) in [5.41, 5.74) is 1.66. The lowest BCUT2D eigenvalue weighted by atomic mass is 10.1. The molecule has 28 heavy (non-hydrogen) atoms. The smallest absolute Gasteiger partial charge is 0.246 e. The van der Waals surface area contributed by atoms with Crippen molar-refractivity contribution < 1.29 is 9.35 Å². The lowest BCUT2D eigenvalue weighted by Gasteiger charge is -2.35. The lowest BCUT2D eigenvalue weighted by Crippen LogP contribution is -2.55. The number of carbonyl (C=O) groups is 1. The van der Waals surface area contributed by atoms with Gasteiger partial charge < -0.3 is 9.87 Å². The Bertz CT molecular complexity index is 960. The highest BCUT2D eigenvalue weighted by Crippen LogP contribution is 2.36. The molecule has 3 unspecified atom stereocenters. The van der Waals surface area contributed by atoms with Gasteiger partial charge in [0.05, 0.1) is 24.1 Å². The second-order valence-electron chi connectivity index (χ2n) is 6.55. The zero-order valence-electron chi connectivity index (χ0n) is 15.4. The van der Waals surface area contributed by atoms with E-state index in [1.54, 1.807) is 51.9 Å². The lowest BCUT2D eigenvalue weighted by molar-refractivity contribution is -0.120. The minimum absolute atomic E-state index is 0.169. The van der Waals surface area contributed by atoms with Crippen molar-refractivity contribution in [3.63, 3.8) is 0 Å². The molecule has 1 aliphatic rings. The third-order valence-electron chi connectivity index (χ3n) is 4.59. The number of pyridine rings is 1. The molecule has 2 N–H and O–H groups in total. The number of thiophene rings is 1. The molecule has 1 saturated heterocycles. The van der Waals surface area contributed by atoms with Gasteiger partial charge in [0, 0.05) is 48.2 Å². The van der Waals surface area contributed by atoms with Crippen molar-refractivity contribution in [1.29, 1.82) is 0 Å². The Labute approximate surface area is 170 Å². The largest absolute Gasteiger partial charge is 0.579 e. The molecule has 0 radical (unpaired) electrons. The fourth-order valence-corrected chi connectivity index (χ4v) is 5.26. The van der Waals surface area contributed by atoms with Crippen LogP contribution in [0.2, 0.25) is 0 Å². The van der Waals surface area contributed by atoms with Crippen LogP contribution in [0.3, 0.4) is 0 Å². The van der Waals surface area contributed by atoms with Gasteiger partial charge in [0.1, 0.15) is 17.6 Å². The van der Waals surface area contributed by atoms with Crippen molar-refractivity contribution in [1.82, 2.24) is 23.8 Å². The predicted molar refractivity (Wildman–Crippen MR) is 110 cm³/mol. The first-order valence-electron chi connectivity index (χ1n) is 8.72. The summed E-state index contributed by atoms with van der Waals surface area (Å²) in [4.78, 5) is 18.9. The molecule has 1 fully saturated rings. The zero-order valence-corrected chi connectivity index (χ0v) is 17.0. The molecule has 3 aromatic heterocycles. The van der Waals surface area contributed by atoms with Crippen molar-refractivity contribution in [2.24, 2.45) is 7.05 Å². The summed E-state index contributed by atoms with van der Waals surface area (Å²) in [7, 11) is 3.56. The Balaban J connectivity index is 1.51. The first-order chi connectivity index (χ1) is 13.5. The summed E-state index contributed by atoms with van der Waals surface area (Å²) in [6, 6.07) is 6.90. The van der Waals surface area contributed by atoms with E-state index in [1.165, 1.54) is 0 Å². The van der Waals surface area contributed by atoms with Gasteiger partial charge in [-0.25, -0.2) is 0 Å². The van der Waals surface area contributed by atoms with Crippen LogP contribution in [0.5, 0.6) is 0 Å². The minimum Gasteiger partial charge on any atom is -0.579 e. The van der Waals surface area contributed by atoms with Crippen LogP contribution in [-0.2, 0) is 23.4 Å². The first-order valence-corrected chi connectivity index (χ1v) is 10.6. The second-order valence-corrected chi connectivity index (χ2v) is 8.98. The molecular formula is C18H20N6O2S2. The summed E-state index contributed by atoms with van der Waals surface area (Å²) >= 11 is 0.158. The number of likely N-dealkylation sites (N-methyl/N-ethyl adjacent to an activating group) is 1. The molecule has 0 spiro atoms. The maximum absolute atomic E-state index is 12.8. The van der Waals surface area contributed by atoms with E-state index in [2.05, 4.69) is 20.1 Å². The number of nitrogens with one attached hydrogen (secondary N) is 2. The summed E-state index contributed by atoms with van der Waals surface area (Å²) in [6.07, 6.45) is 7.53. The first kappa shape index (κ1) is 19.1. The number of aryl methyl sites for hydroxylation is 1.